The third-order valence-corrected chi connectivity index (χ3v) is 4.96. The Morgan fingerprint density at radius 3 is 2.68 bits per heavy atom. The number of halogens is 3. The van der Waals surface area contributed by atoms with Gasteiger partial charge in [0.2, 0.25) is 5.60 Å². The quantitative estimate of drug-likeness (QED) is 0.438. The van der Waals surface area contributed by atoms with Crippen LogP contribution >= 0.6 is 0 Å². The van der Waals surface area contributed by atoms with Crippen LogP contribution < -0.4 is 5.32 Å². The fraction of sp³-hybridized carbons (Fsp3) is 0.429. The number of rotatable bonds is 7. The molecule has 0 aliphatic rings. The van der Waals surface area contributed by atoms with Crippen molar-refractivity contribution < 1.29 is 22.7 Å². The predicted octanol–water partition coefficient (Wildman–Crippen LogP) is 3.40. The number of alkyl halides is 3. The molecule has 2 N–H and O–H groups in total. The number of para-hydroxylation sites is 1. The molecule has 2 heterocycles. The fourth-order valence-electron chi connectivity index (χ4n) is 3.36. The van der Waals surface area contributed by atoms with Crippen molar-refractivity contribution >= 4 is 16.9 Å². The van der Waals surface area contributed by atoms with E-state index in [2.05, 4.69) is 15.3 Å². The van der Waals surface area contributed by atoms with Gasteiger partial charge in [-0.2, -0.15) is 13.2 Å². The number of imidazole rings is 1. The van der Waals surface area contributed by atoms with Gasteiger partial charge in [-0.3, -0.25) is 4.99 Å². The van der Waals surface area contributed by atoms with Gasteiger partial charge in [0.05, 0.1) is 6.54 Å². The summed E-state index contributed by atoms with van der Waals surface area (Å²) in [7, 11) is 3.18. The molecule has 1 unspecified atom stereocenters. The Hall–Kier alpha value is -3.01. The number of hydrogen-bond donors (Lipinski definition) is 2. The molecule has 10 heteroatoms. The summed E-state index contributed by atoms with van der Waals surface area (Å²) in [4.78, 5) is 9.76. The van der Waals surface area contributed by atoms with Crippen LogP contribution in [0.25, 0.3) is 11.0 Å². The summed E-state index contributed by atoms with van der Waals surface area (Å²) in [5, 5.41) is 14.5. The highest BCUT2D eigenvalue weighted by Gasteiger charge is 2.57. The van der Waals surface area contributed by atoms with Crippen molar-refractivity contribution in [2.75, 3.05) is 20.1 Å². The minimum Gasteiger partial charge on any atom is -0.459 e. The summed E-state index contributed by atoms with van der Waals surface area (Å²) >= 11 is 0. The largest absolute Gasteiger partial charge is 0.459 e. The first kappa shape index (κ1) is 22.7. The van der Waals surface area contributed by atoms with Crippen LogP contribution in [0.3, 0.4) is 0 Å². The molecule has 168 valence electrons. The maximum atomic E-state index is 13.7. The predicted molar refractivity (Wildman–Crippen MR) is 111 cm³/mol. The van der Waals surface area contributed by atoms with Gasteiger partial charge in [0.1, 0.15) is 17.2 Å². The van der Waals surface area contributed by atoms with Crippen molar-refractivity contribution in [3.63, 3.8) is 0 Å². The van der Waals surface area contributed by atoms with Crippen LogP contribution in [0.4, 0.5) is 13.2 Å². The number of nitrogens with one attached hydrogen (secondary N) is 1. The second kappa shape index (κ2) is 9.01. The normalized spacial score (nSPS) is 14.6. The highest BCUT2D eigenvalue weighted by Crippen LogP contribution is 2.40. The van der Waals surface area contributed by atoms with Gasteiger partial charge in [-0.1, -0.05) is 18.2 Å². The number of guanidine groups is 1. The van der Waals surface area contributed by atoms with E-state index in [1.54, 1.807) is 11.9 Å². The lowest BCUT2D eigenvalue weighted by Gasteiger charge is -2.29. The van der Waals surface area contributed by atoms with Crippen molar-refractivity contribution in [1.29, 1.82) is 0 Å². The van der Waals surface area contributed by atoms with Crippen molar-refractivity contribution in [2.24, 2.45) is 12.0 Å². The van der Waals surface area contributed by atoms with Crippen molar-refractivity contribution in [1.82, 2.24) is 19.8 Å². The molecule has 31 heavy (non-hydrogen) atoms. The lowest BCUT2D eigenvalue weighted by molar-refractivity contribution is -0.272. The number of furan rings is 1. The maximum Gasteiger partial charge on any atom is 0.424 e. The summed E-state index contributed by atoms with van der Waals surface area (Å²) in [5.41, 5.74) is -2.33. The van der Waals surface area contributed by atoms with E-state index < -0.39 is 24.0 Å². The highest BCUT2D eigenvalue weighted by molar-refractivity contribution is 5.80. The third kappa shape index (κ3) is 4.84. The average molecular weight is 437 g/mol. The summed E-state index contributed by atoms with van der Waals surface area (Å²) in [6.45, 7) is 2.52. The molecule has 0 spiro atoms. The van der Waals surface area contributed by atoms with E-state index in [4.69, 9.17) is 4.42 Å². The molecule has 1 aromatic carbocycles. The summed E-state index contributed by atoms with van der Waals surface area (Å²) in [6.07, 6.45) is -2.96. The summed E-state index contributed by atoms with van der Waals surface area (Å²) in [6, 6.07) is 9.53. The average Bonchev–Trinajstić information content (AvgIpc) is 3.31. The molecule has 7 nitrogen and oxygen atoms in total. The van der Waals surface area contributed by atoms with Gasteiger partial charge in [-0.15, -0.1) is 0 Å². The first-order valence-corrected chi connectivity index (χ1v) is 9.89. The van der Waals surface area contributed by atoms with E-state index in [0.717, 1.165) is 15.5 Å². The summed E-state index contributed by atoms with van der Waals surface area (Å²) < 4.78 is 48.0. The standard InChI is InChI=1S/C21H26F3N5O2/c1-4-25-19(29(3)14-16-13-15-7-5-6-8-17(15)31-16)27-10-9-20(30,21(22,23)24)18-26-11-12-28(18)2/h5-8,11-13,30H,4,9-10,14H2,1-3H3,(H,25,27). The second-order valence-electron chi connectivity index (χ2n) is 7.31. The molecule has 0 amide bonds. The van der Waals surface area contributed by atoms with Crippen LogP contribution in [-0.2, 0) is 19.2 Å². The van der Waals surface area contributed by atoms with Crippen LogP contribution in [0.1, 0.15) is 24.9 Å². The number of hydrogen-bond acceptors (Lipinski definition) is 4. The van der Waals surface area contributed by atoms with E-state index >= 15 is 0 Å². The Morgan fingerprint density at radius 1 is 1.32 bits per heavy atom. The fourth-order valence-corrected chi connectivity index (χ4v) is 3.36. The van der Waals surface area contributed by atoms with E-state index in [0.29, 0.717) is 24.8 Å². The maximum absolute atomic E-state index is 13.7. The minimum atomic E-state index is -4.89. The van der Waals surface area contributed by atoms with Crippen LogP contribution in [0.15, 0.2) is 52.1 Å². The first-order chi connectivity index (χ1) is 14.7. The SMILES string of the molecule is CCNC(=NCCC(O)(c1nccn1C)C(F)(F)F)N(C)Cc1cc2ccccc2o1. The molecule has 0 radical (unpaired) electrons. The van der Waals surface area contributed by atoms with Gasteiger partial charge in [0, 0.05) is 51.4 Å². The Labute approximate surface area is 178 Å². The van der Waals surface area contributed by atoms with Crippen LogP contribution in [0.2, 0.25) is 0 Å². The number of benzene rings is 1. The van der Waals surface area contributed by atoms with Gasteiger partial charge < -0.3 is 24.3 Å². The molecule has 1 atom stereocenters. The number of nitrogens with zero attached hydrogens (tertiary/aromatic N) is 4. The zero-order valence-electron chi connectivity index (χ0n) is 17.6. The lowest BCUT2D eigenvalue weighted by atomic mass is 9.98. The van der Waals surface area contributed by atoms with Gasteiger partial charge >= 0.3 is 6.18 Å². The van der Waals surface area contributed by atoms with Crippen molar-refractivity contribution in [2.45, 2.75) is 31.7 Å². The van der Waals surface area contributed by atoms with Gasteiger partial charge in [-0.25, -0.2) is 4.98 Å². The molecule has 0 aliphatic carbocycles. The highest BCUT2D eigenvalue weighted by atomic mass is 19.4. The number of aliphatic imine (C=N–C) groups is 1. The molecule has 3 rings (SSSR count). The van der Waals surface area contributed by atoms with Crippen molar-refractivity contribution in [3.8, 4) is 0 Å². The second-order valence-corrected chi connectivity index (χ2v) is 7.31. The minimum absolute atomic E-state index is 0.254. The lowest BCUT2D eigenvalue weighted by Crippen LogP contribution is -2.45. The van der Waals surface area contributed by atoms with Crippen molar-refractivity contribution in [3.05, 3.63) is 54.3 Å². The van der Waals surface area contributed by atoms with E-state index in [1.165, 1.54) is 19.4 Å². The molecular weight excluding hydrogens is 411 g/mol. The third-order valence-electron chi connectivity index (χ3n) is 4.96. The smallest absolute Gasteiger partial charge is 0.424 e. The van der Waals surface area contributed by atoms with Gasteiger partial charge in [0.25, 0.3) is 0 Å². The zero-order chi connectivity index (χ0) is 22.6. The molecule has 0 saturated heterocycles. The number of aromatic nitrogens is 2. The Bertz CT molecular complexity index is 1010. The van der Waals surface area contributed by atoms with E-state index in [-0.39, 0.29) is 6.54 Å². The van der Waals surface area contributed by atoms with Gasteiger partial charge in [0.15, 0.2) is 5.96 Å². The molecule has 3 aromatic rings. The molecule has 0 saturated carbocycles. The first-order valence-electron chi connectivity index (χ1n) is 9.89. The number of aryl methyl sites for hydroxylation is 1. The number of aliphatic hydroxyl groups is 1. The topological polar surface area (TPSA) is 78.8 Å². The zero-order valence-corrected chi connectivity index (χ0v) is 17.6. The van der Waals surface area contributed by atoms with Gasteiger partial charge in [-0.05, 0) is 19.1 Å². The Kier molecular flexibility index (Phi) is 6.59. The van der Waals surface area contributed by atoms with E-state index in [9.17, 15) is 18.3 Å². The number of fused-ring (bicyclic) bond motifs is 1. The molecule has 0 fully saturated rings. The Morgan fingerprint density at radius 2 is 2.06 bits per heavy atom. The van der Waals surface area contributed by atoms with E-state index in [1.807, 2.05) is 37.3 Å². The summed E-state index contributed by atoms with van der Waals surface area (Å²) in [5.74, 6) is 0.650. The molecule has 0 bridgehead atoms. The van der Waals surface area contributed by atoms with Crippen LogP contribution in [-0.4, -0.2) is 51.8 Å². The monoisotopic (exact) mass is 437 g/mol. The van der Waals surface area contributed by atoms with Crippen LogP contribution in [0, 0.1) is 0 Å². The van der Waals surface area contributed by atoms with Crippen LogP contribution in [0.5, 0.6) is 0 Å². The molecular formula is C21H26F3N5O2. The molecule has 2 aromatic heterocycles. The Balaban J connectivity index is 1.75. The molecule has 0 aliphatic heterocycles.